The van der Waals surface area contributed by atoms with Crippen LogP contribution in [0.4, 0.5) is 0 Å². The zero-order chi connectivity index (χ0) is 23.9. The number of para-hydroxylation sites is 2. The van der Waals surface area contributed by atoms with Crippen LogP contribution >= 0.6 is 11.8 Å². The molecule has 0 aliphatic carbocycles. The summed E-state index contributed by atoms with van der Waals surface area (Å²) in [6, 6.07) is 21.8. The second kappa shape index (κ2) is 10.9. The molecule has 1 amide bonds. The van der Waals surface area contributed by atoms with Gasteiger partial charge in [0.1, 0.15) is 11.5 Å². The van der Waals surface area contributed by atoms with E-state index in [0.29, 0.717) is 23.6 Å². The molecule has 0 aliphatic rings. The van der Waals surface area contributed by atoms with Gasteiger partial charge in [0.25, 0.3) is 5.91 Å². The number of methoxy groups -OCH3 is 2. The van der Waals surface area contributed by atoms with Crippen LogP contribution in [-0.4, -0.2) is 41.6 Å². The van der Waals surface area contributed by atoms with E-state index in [-0.39, 0.29) is 11.7 Å². The van der Waals surface area contributed by atoms with E-state index < -0.39 is 0 Å². The Hall–Kier alpha value is -3.78. The maximum Gasteiger partial charge on any atom is 0.250 e. The first kappa shape index (κ1) is 23.4. The molecule has 7 nitrogen and oxygen atoms in total. The van der Waals surface area contributed by atoms with Crippen LogP contribution in [0.2, 0.25) is 0 Å². The minimum Gasteiger partial charge on any atom is -0.497 e. The summed E-state index contributed by atoms with van der Waals surface area (Å²) in [5.74, 6) is 1.27. The van der Waals surface area contributed by atoms with Crippen LogP contribution in [-0.2, 0) is 11.3 Å². The highest BCUT2D eigenvalue weighted by molar-refractivity contribution is 7.99. The number of rotatable bonds is 9. The quantitative estimate of drug-likeness (QED) is 0.217. The van der Waals surface area contributed by atoms with Crippen LogP contribution in [0.5, 0.6) is 11.5 Å². The van der Waals surface area contributed by atoms with E-state index in [1.54, 1.807) is 32.4 Å². The molecule has 0 saturated carbocycles. The number of aromatic nitrogens is 2. The fraction of sp³-hybridized carbons (Fsp3) is 0.192. The number of amides is 1. The van der Waals surface area contributed by atoms with Gasteiger partial charge in [-0.15, -0.1) is 0 Å². The van der Waals surface area contributed by atoms with Gasteiger partial charge >= 0.3 is 0 Å². The predicted molar refractivity (Wildman–Crippen MR) is 136 cm³/mol. The summed E-state index contributed by atoms with van der Waals surface area (Å²) in [6.45, 7) is 2.75. The molecule has 174 valence electrons. The molecule has 0 spiro atoms. The number of hydrazone groups is 1. The maximum atomic E-state index is 12.5. The molecule has 0 saturated heterocycles. The number of hydrogen-bond donors (Lipinski definition) is 1. The van der Waals surface area contributed by atoms with Crippen molar-refractivity contribution >= 4 is 34.9 Å². The number of aryl methyl sites for hydroxylation is 1. The van der Waals surface area contributed by atoms with E-state index in [9.17, 15) is 4.79 Å². The molecule has 1 aromatic heterocycles. The molecular weight excluding hydrogens is 448 g/mol. The number of thioether (sulfide) groups is 1. The zero-order valence-corrected chi connectivity index (χ0v) is 20.1. The molecule has 34 heavy (non-hydrogen) atoms. The Labute approximate surface area is 202 Å². The smallest absolute Gasteiger partial charge is 0.250 e. The Morgan fingerprint density at radius 2 is 1.88 bits per heavy atom. The number of benzene rings is 3. The van der Waals surface area contributed by atoms with Crippen LogP contribution in [0.1, 0.15) is 16.7 Å². The lowest BCUT2D eigenvalue weighted by atomic mass is 10.1. The molecule has 0 atom stereocenters. The first-order chi connectivity index (χ1) is 16.6. The largest absolute Gasteiger partial charge is 0.497 e. The highest BCUT2D eigenvalue weighted by Crippen LogP contribution is 2.25. The van der Waals surface area contributed by atoms with Gasteiger partial charge in [-0.3, -0.25) is 4.79 Å². The molecular formula is C26H26N4O3S. The lowest BCUT2D eigenvalue weighted by Crippen LogP contribution is -2.20. The van der Waals surface area contributed by atoms with Crippen molar-refractivity contribution in [3.8, 4) is 11.5 Å². The van der Waals surface area contributed by atoms with Crippen LogP contribution in [0.25, 0.3) is 11.0 Å². The van der Waals surface area contributed by atoms with Gasteiger partial charge in [-0.25, -0.2) is 10.4 Å². The van der Waals surface area contributed by atoms with Gasteiger partial charge in [0.05, 0.1) is 43.8 Å². The van der Waals surface area contributed by atoms with E-state index in [1.165, 1.54) is 29.1 Å². The second-order valence-corrected chi connectivity index (χ2v) is 8.59. The molecule has 1 N–H and O–H groups in total. The minimum absolute atomic E-state index is 0.184. The van der Waals surface area contributed by atoms with Gasteiger partial charge in [-0.2, -0.15) is 5.10 Å². The first-order valence-electron chi connectivity index (χ1n) is 10.7. The summed E-state index contributed by atoms with van der Waals surface area (Å²) >= 11 is 1.38. The molecule has 3 aromatic carbocycles. The number of ether oxygens (including phenoxy) is 2. The molecule has 0 aliphatic heterocycles. The summed E-state index contributed by atoms with van der Waals surface area (Å²) in [6.07, 6.45) is 1.54. The summed E-state index contributed by atoms with van der Waals surface area (Å²) < 4.78 is 12.7. The standard InChI is InChI=1S/C26H26N4O3S/c1-18-8-10-19(11-9-18)16-30-23-7-5-4-6-22(23)28-26(30)34-17-25(31)29-27-15-20-14-21(32-2)12-13-24(20)33-3/h4-15H,16-17H2,1-3H3,(H,29,31). The monoisotopic (exact) mass is 474 g/mol. The average Bonchev–Trinajstić information content (AvgIpc) is 3.21. The topological polar surface area (TPSA) is 77.7 Å². The van der Waals surface area contributed by atoms with Gasteiger partial charge in [0, 0.05) is 5.56 Å². The third-order valence-electron chi connectivity index (χ3n) is 5.24. The molecule has 0 radical (unpaired) electrons. The molecule has 4 aromatic rings. The number of nitrogens with zero attached hydrogens (tertiary/aromatic N) is 3. The van der Waals surface area contributed by atoms with Crippen molar-refractivity contribution < 1.29 is 14.3 Å². The first-order valence-corrected chi connectivity index (χ1v) is 11.7. The lowest BCUT2D eigenvalue weighted by molar-refractivity contribution is -0.118. The third kappa shape index (κ3) is 5.58. The van der Waals surface area contributed by atoms with Gasteiger partial charge in [0.2, 0.25) is 0 Å². The highest BCUT2D eigenvalue weighted by atomic mass is 32.2. The molecule has 8 heteroatoms. The van der Waals surface area contributed by atoms with Crippen LogP contribution < -0.4 is 14.9 Å². The van der Waals surface area contributed by atoms with E-state index in [4.69, 9.17) is 14.5 Å². The molecule has 0 fully saturated rings. The number of carbonyl (C=O) groups excluding carboxylic acids is 1. The average molecular weight is 475 g/mol. The fourth-order valence-corrected chi connectivity index (χ4v) is 4.28. The van der Waals surface area contributed by atoms with Crippen molar-refractivity contribution in [3.05, 3.63) is 83.4 Å². The molecule has 4 rings (SSSR count). The summed E-state index contributed by atoms with van der Waals surface area (Å²) in [4.78, 5) is 17.2. The maximum absolute atomic E-state index is 12.5. The number of carbonyl (C=O) groups is 1. The second-order valence-electron chi connectivity index (χ2n) is 7.64. The number of nitrogens with one attached hydrogen (secondary N) is 1. The zero-order valence-electron chi connectivity index (χ0n) is 19.3. The summed E-state index contributed by atoms with van der Waals surface area (Å²) in [5.41, 5.74) is 7.62. The van der Waals surface area contributed by atoms with Crippen LogP contribution in [0.15, 0.2) is 77.0 Å². The Morgan fingerprint density at radius 3 is 2.65 bits per heavy atom. The number of imidazole rings is 1. The molecule has 0 unspecified atom stereocenters. The molecule has 0 bridgehead atoms. The summed E-state index contributed by atoms with van der Waals surface area (Å²) in [5, 5.41) is 4.87. The summed E-state index contributed by atoms with van der Waals surface area (Å²) in [7, 11) is 3.17. The highest BCUT2D eigenvalue weighted by Gasteiger charge is 2.13. The van der Waals surface area contributed by atoms with Crippen molar-refractivity contribution in [2.75, 3.05) is 20.0 Å². The number of fused-ring (bicyclic) bond motifs is 1. The van der Waals surface area contributed by atoms with Crippen molar-refractivity contribution in [3.63, 3.8) is 0 Å². The van der Waals surface area contributed by atoms with E-state index in [0.717, 1.165) is 16.2 Å². The van der Waals surface area contributed by atoms with E-state index in [1.807, 2.05) is 24.3 Å². The van der Waals surface area contributed by atoms with Crippen molar-refractivity contribution in [2.45, 2.75) is 18.6 Å². The van der Waals surface area contributed by atoms with Crippen LogP contribution in [0, 0.1) is 6.92 Å². The van der Waals surface area contributed by atoms with Crippen molar-refractivity contribution in [1.29, 1.82) is 0 Å². The third-order valence-corrected chi connectivity index (χ3v) is 6.22. The molecule has 1 heterocycles. The Kier molecular flexibility index (Phi) is 7.49. The van der Waals surface area contributed by atoms with Crippen LogP contribution in [0.3, 0.4) is 0 Å². The van der Waals surface area contributed by atoms with Crippen molar-refractivity contribution in [2.24, 2.45) is 5.10 Å². The van der Waals surface area contributed by atoms with Gasteiger partial charge in [-0.1, -0.05) is 53.7 Å². The van der Waals surface area contributed by atoms with E-state index >= 15 is 0 Å². The number of hydrogen-bond acceptors (Lipinski definition) is 6. The van der Waals surface area contributed by atoms with E-state index in [2.05, 4.69) is 46.3 Å². The van der Waals surface area contributed by atoms with Gasteiger partial charge in [0.15, 0.2) is 5.16 Å². The van der Waals surface area contributed by atoms with Gasteiger partial charge in [-0.05, 0) is 42.8 Å². The van der Waals surface area contributed by atoms with Gasteiger partial charge < -0.3 is 14.0 Å². The normalized spacial score (nSPS) is 11.1. The predicted octanol–water partition coefficient (Wildman–Crippen LogP) is 4.65. The fourth-order valence-electron chi connectivity index (χ4n) is 3.47. The lowest BCUT2D eigenvalue weighted by Gasteiger charge is -2.09. The van der Waals surface area contributed by atoms with Crippen molar-refractivity contribution in [1.82, 2.24) is 15.0 Å². The SMILES string of the molecule is COc1ccc(OC)c(C=NNC(=O)CSc2nc3ccccc3n2Cc2ccc(C)cc2)c1. The Morgan fingerprint density at radius 1 is 1.09 bits per heavy atom. The Bertz CT molecular complexity index is 1320. The minimum atomic E-state index is -0.225. The Balaban J connectivity index is 1.44.